The van der Waals surface area contributed by atoms with Crippen molar-refractivity contribution in [1.82, 2.24) is 4.98 Å². The Morgan fingerprint density at radius 2 is 1.90 bits per heavy atom. The van der Waals surface area contributed by atoms with Crippen LogP contribution in [-0.4, -0.2) is 10.5 Å². The normalized spacial score (nSPS) is 13.0. The number of nitrogens with zero attached hydrogens (tertiary/aromatic N) is 1. The zero-order valence-electron chi connectivity index (χ0n) is 11.0. The van der Waals surface area contributed by atoms with E-state index in [1.807, 2.05) is 0 Å². The van der Waals surface area contributed by atoms with Gasteiger partial charge in [-0.3, -0.25) is 4.98 Å². The molecule has 0 radical (unpaired) electrons. The van der Waals surface area contributed by atoms with Gasteiger partial charge in [0.15, 0.2) is 0 Å². The highest BCUT2D eigenvalue weighted by Gasteiger charge is 2.30. The third kappa shape index (κ3) is 4.63. The number of alkyl halides is 3. The topological polar surface area (TPSA) is 24.9 Å². The zero-order valence-corrected chi connectivity index (χ0v) is 11.8. The molecule has 0 saturated carbocycles. The number of hydrogen-bond donors (Lipinski definition) is 1. The van der Waals surface area contributed by atoms with Gasteiger partial charge in [0.2, 0.25) is 0 Å². The van der Waals surface area contributed by atoms with E-state index in [1.54, 1.807) is 19.1 Å². The molecule has 1 N–H and O–H groups in total. The Hall–Kier alpha value is -1.76. The Kier molecular flexibility index (Phi) is 4.72. The van der Waals surface area contributed by atoms with Crippen molar-refractivity contribution in [3.05, 3.63) is 54.1 Å². The fourth-order valence-corrected chi connectivity index (χ4v) is 2.41. The first-order valence-electron chi connectivity index (χ1n) is 6.07. The van der Waals surface area contributed by atoms with E-state index in [0.29, 0.717) is 11.3 Å². The van der Waals surface area contributed by atoms with E-state index < -0.39 is 11.3 Å². The van der Waals surface area contributed by atoms with Crippen LogP contribution in [0.4, 0.5) is 23.2 Å². The summed E-state index contributed by atoms with van der Waals surface area (Å²) in [5.41, 5.74) is -3.46. The maximum atomic E-state index is 13.1. The highest BCUT2D eigenvalue weighted by molar-refractivity contribution is 8.00. The maximum absolute atomic E-state index is 13.1. The molecule has 1 aromatic carbocycles. The standard InChI is InChI=1S/C14H12F4N2S/c1-9(10-6-11(15)8-19-7-10)20-12-4-2-3-5-13(12)21-14(16,17)18/h2-9,20H,1H3. The number of anilines is 1. The number of halogens is 4. The average Bonchev–Trinajstić information content (AvgIpc) is 2.39. The first kappa shape index (κ1) is 15.6. The highest BCUT2D eigenvalue weighted by Crippen LogP contribution is 2.41. The van der Waals surface area contributed by atoms with Gasteiger partial charge in [-0.15, -0.1) is 0 Å². The molecule has 0 spiro atoms. The minimum atomic E-state index is -4.36. The van der Waals surface area contributed by atoms with Gasteiger partial charge < -0.3 is 5.32 Å². The van der Waals surface area contributed by atoms with E-state index in [9.17, 15) is 17.6 Å². The van der Waals surface area contributed by atoms with E-state index in [1.165, 1.54) is 24.4 Å². The predicted octanol–water partition coefficient (Wildman–Crippen LogP) is 5.01. The summed E-state index contributed by atoms with van der Waals surface area (Å²) in [6, 6.07) is 7.04. The summed E-state index contributed by atoms with van der Waals surface area (Å²) in [6.45, 7) is 1.73. The highest BCUT2D eigenvalue weighted by atomic mass is 32.2. The molecule has 1 aromatic heterocycles. The van der Waals surface area contributed by atoms with Crippen LogP contribution in [0.2, 0.25) is 0 Å². The fourth-order valence-electron chi connectivity index (χ4n) is 1.78. The van der Waals surface area contributed by atoms with Crippen molar-refractivity contribution in [2.45, 2.75) is 23.4 Å². The van der Waals surface area contributed by atoms with Crippen molar-refractivity contribution in [3.8, 4) is 0 Å². The molecule has 1 heterocycles. The van der Waals surface area contributed by atoms with Crippen LogP contribution in [0.15, 0.2) is 47.6 Å². The Balaban J connectivity index is 2.19. The predicted molar refractivity (Wildman–Crippen MR) is 74.6 cm³/mol. The van der Waals surface area contributed by atoms with Gasteiger partial charge in [-0.25, -0.2) is 4.39 Å². The summed E-state index contributed by atoms with van der Waals surface area (Å²) in [6.07, 6.45) is 2.55. The number of benzene rings is 1. The summed E-state index contributed by atoms with van der Waals surface area (Å²) < 4.78 is 50.7. The van der Waals surface area contributed by atoms with Crippen LogP contribution in [0.25, 0.3) is 0 Å². The molecular formula is C14H12F4N2S. The molecule has 1 atom stereocenters. The van der Waals surface area contributed by atoms with E-state index in [0.717, 1.165) is 6.20 Å². The zero-order chi connectivity index (χ0) is 15.5. The lowest BCUT2D eigenvalue weighted by molar-refractivity contribution is -0.0327. The average molecular weight is 316 g/mol. The van der Waals surface area contributed by atoms with Crippen LogP contribution in [-0.2, 0) is 0 Å². The number of thioether (sulfide) groups is 1. The van der Waals surface area contributed by atoms with E-state index in [2.05, 4.69) is 10.3 Å². The molecule has 0 aliphatic carbocycles. The molecule has 0 aliphatic rings. The molecule has 2 nitrogen and oxygen atoms in total. The fraction of sp³-hybridized carbons (Fsp3) is 0.214. The maximum Gasteiger partial charge on any atom is 0.446 e. The molecule has 112 valence electrons. The first-order valence-corrected chi connectivity index (χ1v) is 6.88. The van der Waals surface area contributed by atoms with Gasteiger partial charge in [0.1, 0.15) is 5.82 Å². The molecule has 0 fully saturated rings. The lowest BCUT2D eigenvalue weighted by Crippen LogP contribution is -2.09. The van der Waals surface area contributed by atoms with Crippen molar-refractivity contribution in [2.24, 2.45) is 0 Å². The summed E-state index contributed by atoms with van der Waals surface area (Å²) in [4.78, 5) is 3.80. The van der Waals surface area contributed by atoms with Gasteiger partial charge >= 0.3 is 5.51 Å². The molecule has 2 aromatic rings. The number of pyridine rings is 1. The van der Waals surface area contributed by atoms with Crippen molar-refractivity contribution in [2.75, 3.05) is 5.32 Å². The third-order valence-corrected chi connectivity index (χ3v) is 3.52. The van der Waals surface area contributed by atoms with Crippen LogP contribution in [0.5, 0.6) is 0 Å². The Morgan fingerprint density at radius 3 is 2.57 bits per heavy atom. The monoisotopic (exact) mass is 316 g/mol. The minimum absolute atomic E-state index is 0.0706. The Labute approximate surface area is 123 Å². The molecule has 0 amide bonds. The van der Waals surface area contributed by atoms with E-state index in [4.69, 9.17) is 0 Å². The van der Waals surface area contributed by atoms with Gasteiger partial charge in [-0.2, -0.15) is 13.2 Å². The Morgan fingerprint density at radius 1 is 1.19 bits per heavy atom. The lowest BCUT2D eigenvalue weighted by Gasteiger charge is -2.18. The van der Waals surface area contributed by atoms with Gasteiger partial charge in [0.05, 0.1) is 12.2 Å². The minimum Gasteiger partial charge on any atom is -0.378 e. The van der Waals surface area contributed by atoms with Gasteiger partial charge in [-0.1, -0.05) is 12.1 Å². The van der Waals surface area contributed by atoms with Crippen LogP contribution in [0.1, 0.15) is 18.5 Å². The number of nitrogens with one attached hydrogen (secondary N) is 1. The molecular weight excluding hydrogens is 304 g/mol. The van der Waals surface area contributed by atoms with Crippen molar-refractivity contribution < 1.29 is 17.6 Å². The molecule has 1 unspecified atom stereocenters. The smallest absolute Gasteiger partial charge is 0.378 e. The number of rotatable bonds is 4. The van der Waals surface area contributed by atoms with Crippen LogP contribution < -0.4 is 5.32 Å². The molecule has 0 saturated heterocycles. The van der Waals surface area contributed by atoms with Crippen molar-refractivity contribution in [1.29, 1.82) is 0 Å². The Bertz CT molecular complexity index is 616. The molecule has 7 heteroatoms. The van der Waals surface area contributed by atoms with Crippen molar-refractivity contribution in [3.63, 3.8) is 0 Å². The summed E-state index contributed by atoms with van der Waals surface area (Å²) in [5.74, 6) is -0.487. The second-order valence-corrected chi connectivity index (χ2v) is 5.45. The summed E-state index contributed by atoms with van der Waals surface area (Å²) >= 11 is -0.185. The second kappa shape index (κ2) is 6.34. The summed E-state index contributed by atoms with van der Waals surface area (Å²) in [5, 5.41) is 2.95. The summed E-state index contributed by atoms with van der Waals surface area (Å²) in [7, 11) is 0. The largest absolute Gasteiger partial charge is 0.446 e. The quantitative estimate of drug-likeness (QED) is 0.634. The first-order chi connectivity index (χ1) is 9.85. The van der Waals surface area contributed by atoms with Gasteiger partial charge in [0, 0.05) is 16.8 Å². The molecule has 2 rings (SSSR count). The molecule has 21 heavy (non-hydrogen) atoms. The molecule has 0 bridgehead atoms. The van der Waals surface area contributed by atoms with Crippen molar-refractivity contribution >= 4 is 17.4 Å². The number of aromatic nitrogens is 1. The van der Waals surface area contributed by atoms with Crippen LogP contribution in [0, 0.1) is 5.82 Å². The van der Waals surface area contributed by atoms with Crippen LogP contribution >= 0.6 is 11.8 Å². The SMILES string of the molecule is CC(Nc1ccccc1SC(F)(F)F)c1cncc(F)c1. The van der Waals surface area contributed by atoms with E-state index in [-0.39, 0.29) is 22.7 Å². The van der Waals surface area contributed by atoms with E-state index >= 15 is 0 Å². The number of para-hydroxylation sites is 1. The lowest BCUT2D eigenvalue weighted by atomic mass is 10.1. The third-order valence-electron chi connectivity index (χ3n) is 2.71. The van der Waals surface area contributed by atoms with Gasteiger partial charge in [0.25, 0.3) is 0 Å². The number of hydrogen-bond acceptors (Lipinski definition) is 3. The van der Waals surface area contributed by atoms with Crippen LogP contribution in [0.3, 0.4) is 0 Å². The second-order valence-electron chi connectivity index (χ2n) is 4.35. The van der Waals surface area contributed by atoms with Gasteiger partial charge in [-0.05, 0) is 42.4 Å². The molecule has 0 aliphatic heterocycles.